The van der Waals surface area contributed by atoms with Crippen LogP contribution in [0.5, 0.6) is 0 Å². The van der Waals surface area contributed by atoms with Crippen molar-refractivity contribution in [2.24, 2.45) is 5.73 Å². The van der Waals surface area contributed by atoms with Gasteiger partial charge in [-0.2, -0.15) is 0 Å². The number of amides is 1. The van der Waals surface area contributed by atoms with E-state index in [-0.39, 0.29) is 36.8 Å². The Kier molecular flexibility index (Phi) is 10.0. The third kappa shape index (κ3) is 5.89. The third-order valence-electron chi connectivity index (χ3n) is 4.07. The van der Waals surface area contributed by atoms with Crippen LogP contribution in [0.2, 0.25) is 0 Å². The van der Waals surface area contributed by atoms with Crippen molar-refractivity contribution >= 4 is 42.1 Å². The maximum atomic E-state index is 12.6. The van der Waals surface area contributed by atoms with Gasteiger partial charge in [0.15, 0.2) is 0 Å². The fraction of sp³-hybridized carbons (Fsp3) is 0.471. The minimum Gasteiger partial charge on any atom is -0.378 e. The highest BCUT2D eigenvalue weighted by molar-refractivity contribution is 7.16. The maximum Gasteiger partial charge on any atom is 0.265 e. The molecule has 0 bridgehead atoms. The minimum atomic E-state index is 0. The average molecular weight is 419 g/mol. The van der Waals surface area contributed by atoms with E-state index in [2.05, 4.69) is 9.97 Å². The molecule has 0 aromatic carbocycles. The van der Waals surface area contributed by atoms with Gasteiger partial charge in [0.1, 0.15) is 9.88 Å². The maximum absolute atomic E-state index is 12.6. The predicted octanol–water partition coefficient (Wildman–Crippen LogP) is 3.02. The summed E-state index contributed by atoms with van der Waals surface area (Å²) in [6, 6.07) is 3.80. The number of likely N-dealkylation sites (tertiary alicyclic amines) is 1. The summed E-state index contributed by atoms with van der Waals surface area (Å²) in [4.78, 5) is 23.6. The molecule has 26 heavy (non-hydrogen) atoms. The van der Waals surface area contributed by atoms with Crippen LogP contribution in [0.4, 0.5) is 0 Å². The number of carbonyl (C=O) groups is 1. The van der Waals surface area contributed by atoms with Crippen molar-refractivity contribution in [1.29, 1.82) is 0 Å². The minimum absolute atomic E-state index is 0. The molecule has 6 nitrogen and oxygen atoms in total. The first-order valence-electron chi connectivity index (χ1n) is 8.25. The number of rotatable bonds is 6. The van der Waals surface area contributed by atoms with Crippen LogP contribution in [0.15, 0.2) is 30.7 Å². The van der Waals surface area contributed by atoms with Gasteiger partial charge in [0, 0.05) is 37.7 Å². The standard InChI is InChI=1S/C17H22N4O2S.2ClH/c18-6-1-11-23-14-4-9-21(10-5-14)17(22)15-12-20-16(24-15)13-2-7-19-8-3-13;;/h2-3,7-8,12,14H,1,4-6,9-11,18H2;2*1H. The molecule has 2 aromatic heterocycles. The van der Waals surface area contributed by atoms with Crippen molar-refractivity contribution in [2.75, 3.05) is 26.2 Å². The smallest absolute Gasteiger partial charge is 0.265 e. The number of thiazole rings is 1. The quantitative estimate of drug-likeness (QED) is 0.728. The summed E-state index contributed by atoms with van der Waals surface area (Å²) < 4.78 is 5.79. The number of halogens is 2. The van der Waals surface area contributed by atoms with Gasteiger partial charge in [0.2, 0.25) is 0 Å². The summed E-state index contributed by atoms with van der Waals surface area (Å²) >= 11 is 1.43. The summed E-state index contributed by atoms with van der Waals surface area (Å²) in [6.07, 6.45) is 8.03. The molecule has 1 fully saturated rings. The first-order valence-corrected chi connectivity index (χ1v) is 9.06. The third-order valence-corrected chi connectivity index (χ3v) is 5.11. The fourth-order valence-electron chi connectivity index (χ4n) is 2.72. The van der Waals surface area contributed by atoms with Gasteiger partial charge in [-0.1, -0.05) is 0 Å². The largest absolute Gasteiger partial charge is 0.378 e. The van der Waals surface area contributed by atoms with Gasteiger partial charge in [-0.15, -0.1) is 36.2 Å². The van der Waals surface area contributed by atoms with Crippen molar-refractivity contribution < 1.29 is 9.53 Å². The Morgan fingerprint density at radius 3 is 2.62 bits per heavy atom. The summed E-state index contributed by atoms with van der Waals surface area (Å²) in [5.41, 5.74) is 6.46. The average Bonchev–Trinajstić information content (AvgIpc) is 3.13. The predicted molar refractivity (Wildman–Crippen MR) is 108 cm³/mol. The molecule has 0 atom stereocenters. The Hall–Kier alpha value is -1.25. The van der Waals surface area contributed by atoms with E-state index in [1.165, 1.54) is 11.3 Å². The highest BCUT2D eigenvalue weighted by atomic mass is 35.5. The molecule has 0 radical (unpaired) electrons. The van der Waals surface area contributed by atoms with E-state index in [0.29, 0.717) is 18.0 Å². The Morgan fingerprint density at radius 2 is 1.96 bits per heavy atom. The van der Waals surface area contributed by atoms with Crippen LogP contribution in [0.25, 0.3) is 10.6 Å². The van der Waals surface area contributed by atoms with Gasteiger partial charge in [0.05, 0.1) is 12.3 Å². The normalized spacial score (nSPS) is 14.4. The number of ether oxygens (including phenoxy) is 1. The van der Waals surface area contributed by atoms with Crippen LogP contribution in [-0.2, 0) is 4.74 Å². The Bertz CT molecular complexity index is 664. The number of carbonyl (C=O) groups excluding carboxylic acids is 1. The van der Waals surface area contributed by atoms with E-state index >= 15 is 0 Å². The van der Waals surface area contributed by atoms with Gasteiger partial charge in [0.25, 0.3) is 5.91 Å². The Labute approximate surface area is 170 Å². The van der Waals surface area contributed by atoms with E-state index in [9.17, 15) is 4.79 Å². The van der Waals surface area contributed by atoms with Crippen LogP contribution in [0, 0.1) is 0 Å². The second-order valence-electron chi connectivity index (χ2n) is 5.77. The highest BCUT2D eigenvalue weighted by Crippen LogP contribution is 2.26. The van der Waals surface area contributed by atoms with Crippen LogP contribution >= 0.6 is 36.2 Å². The molecule has 0 aliphatic carbocycles. The molecular formula is C17H24Cl2N4O2S. The zero-order chi connectivity index (χ0) is 16.8. The molecule has 0 saturated carbocycles. The van der Waals surface area contributed by atoms with E-state index in [1.54, 1.807) is 18.6 Å². The van der Waals surface area contributed by atoms with E-state index < -0.39 is 0 Å². The van der Waals surface area contributed by atoms with Gasteiger partial charge in [-0.25, -0.2) is 4.98 Å². The molecule has 144 valence electrons. The molecule has 1 aliphatic rings. The van der Waals surface area contributed by atoms with E-state index in [4.69, 9.17) is 10.5 Å². The lowest BCUT2D eigenvalue weighted by Crippen LogP contribution is -2.40. The number of piperidine rings is 1. The number of hydrogen-bond donors (Lipinski definition) is 1. The van der Waals surface area contributed by atoms with Gasteiger partial charge in [-0.3, -0.25) is 9.78 Å². The van der Waals surface area contributed by atoms with Crippen molar-refractivity contribution in [3.63, 3.8) is 0 Å². The molecule has 1 aliphatic heterocycles. The Balaban J connectivity index is 0.00000169. The summed E-state index contributed by atoms with van der Waals surface area (Å²) in [5, 5.41) is 0.848. The van der Waals surface area contributed by atoms with Gasteiger partial charge >= 0.3 is 0 Å². The topological polar surface area (TPSA) is 81.3 Å². The van der Waals surface area contributed by atoms with Crippen molar-refractivity contribution in [3.8, 4) is 10.6 Å². The summed E-state index contributed by atoms with van der Waals surface area (Å²) in [5.74, 6) is 0.0632. The first kappa shape index (κ1) is 22.8. The second kappa shape index (κ2) is 11.5. The van der Waals surface area contributed by atoms with E-state index in [0.717, 1.165) is 42.9 Å². The van der Waals surface area contributed by atoms with E-state index in [1.807, 2.05) is 17.0 Å². The molecule has 0 unspecified atom stereocenters. The molecule has 0 spiro atoms. The second-order valence-corrected chi connectivity index (χ2v) is 6.80. The molecule has 2 N–H and O–H groups in total. The number of hydrogen-bond acceptors (Lipinski definition) is 6. The summed E-state index contributed by atoms with van der Waals surface area (Å²) in [6.45, 7) is 2.82. The molecule has 1 amide bonds. The van der Waals surface area contributed by atoms with Crippen molar-refractivity contribution in [1.82, 2.24) is 14.9 Å². The van der Waals surface area contributed by atoms with Gasteiger partial charge < -0.3 is 15.4 Å². The lowest BCUT2D eigenvalue weighted by molar-refractivity contribution is 0.00857. The molecular weight excluding hydrogens is 395 g/mol. The fourth-order valence-corrected chi connectivity index (χ4v) is 3.61. The molecule has 1 saturated heterocycles. The highest BCUT2D eigenvalue weighted by Gasteiger charge is 2.25. The number of aromatic nitrogens is 2. The summed E-state index contributed by atoms with van der Waals surface area (Å²) in [7, 11) is 0. The monoisotopic (exact) mass is 418 g/mol. The number of nitrogens with zero attached hydrogens (tertiary/aromatic N) is 3. The lowest BCUT2D eigenvalue weighted by Gasteiger charge is -2.31. The molecule has 9 heteroatoms. The van der Waals surface area contributed by atoms with Crippen LogP contribution < -0.4 is 5.73 Å². The SMILES string of the molecule is Cl.Cl.NCCCOC1CCN(C(=O)c2cnc(-c3ccncc3)s2)CC1. The number of pyridine rings is 1. The number of nitrogens with two attached hydrogens (primary N) is 1. The lowest BCUT2D eigenvalue weighted by atomic mass is 10.1. The Morgan fingerprint density at radius 1 is 1.27 bits per heavy atom. The first-order chi connectivity index (χ1) is 11.8. The van der Waals surface area contributed by atoms with Crippen molar-refractivity contribution in [2.45, 2.75) is 25.4 Å². The zero-order valence-corrected chi connectivity index (χ0v) is 16.8. The van der Waals surface area contributed by atoms with Crippen molar-refractivity contribution in [3.05, 3.63) is 35.6 Å². The van der Waals surface area contributed by atoms with Crippen LogP contribution in [0.1, 0.15) is 28.9 Å². The van der Waals surface area contributed by atoms with Crippen LogP contribution in [0.3, 0.4) is 0 Å². The van der Waals surface area contributed by atoms with Crippen LogP contribution in [-0.4, -0.2) is 53.1 Å². The molecule has 3 rings (SSSR count). The molecule has 3 heterocycles. The molecule has 2 aromatic rings. The zero-order valence-electron chi connectivity index (χ0n) is 14.4. The van der Waals surface area contributed by atoms with Gasteiger partial charge in [-0.05, 0) is 37.9 Å².